The Labute approximate surface area is 102 Å². The smallest absolute Gasteiger partial charge is 0.241 e. The van der Waals surface area contributed by atoms with E-state index >= 15 is 0 Å². The fraction of sp³-hybridized carbons (Fsp3) is 0.462. The van der Waals surface area contributed by atoms with Crippen molar-refractivity contribution in [2.75, 3.05) is 5.32 Å². The fourth-order valence-electron chi connectivity index (χ4n) is 1.31. The minimum absolute atomic E-state index is 0.143. The predicted molar refractivity (Wildman–Crippen MR) is 69.1 cm³/mol. The minimum atomic E-state index is -0.457. The number of nitrogens with one attached hydrogen (secondary N) is 1. The summed E-state index contributed by atoms with van der Waals surface area (Å²) < 4.78 is 5.51. The second-order valence-electron chi connectivity index (χ2n) is 4.19. The number of rotatable bonds is 5. The van der Waals surface area contributed by atoms with Crippen LogP contribution < -0.4 is 15.8 Å². The molecule has 0 heterocycles. The first-order valence-corrected chi connectivity index (χ1v) is 5.86. The maximum Gasteiger partial charge on any atom is 0.241 e. The van der Waals surface area contributed by atoms with Crippen LogP contribution in [-0.2, 0) is 4.79 Å². The number of nitrogens with two attached hydrogens (primary N) is 1. The van der Waals surface area contributed by atoms with Crippen molar-refractivity contribution >= 4 is 11.6 Å². The Balaban J connectivity index is 2.59. The molecule has 0 aromatic heterocycles. The van der Waals surface area contributed by atoms with Crippen LogP contribution in [-0.4, -0.2) is 18.1 Å². The van der Waals surface area contributed by atoms with E-state index in [4.69, 9.17) is 10.5 Å². The number of amides is 1. The number of hydrogen-bond acceptors (Lipinski definition) is 3. The highest BCUT2D eigenvalue weighted by Gasteiger charge is 2.10. The van der Waals surface area contributed by atoms with E-state index in [-0.39, 0.29) is 12.0 Å². The van der Waals surface area contributed by atoms with Crippen molar-refractivity contribution in [1.29, 1.82) is 0 Å². The summed E-state index contributed by atoms with van der Waals surface area (Å²) in [5, 5.41) is 2.75. The van der Waals surface area contributed by atoms with Gasteiger partial charge in [0, 0.05) is 5.69 Å². The van der Waals surface area contributed by atoms with Gasteiger partial charge in [-0.3, -0.25) is 4.79 Å². The van der Waals surface area contributed by atoms with Crippen molar-refractivity contribution in [3.8, 4) is 5.75 Å². The van der Waals surface area contributed by atoms with Crippen LogP contribution in [0.15, 0.2) is 24.3 Å². The van der Waals surface area contributed by atoms with Crippen LogP contribution in [0, 0.1) is 0 Å². The first kappa shape index (κ1) is 13.5. The lowest BCUT2D eigenvalue weighted by Gasteiger charge is -2.12. The van der Waals surface area contributed by atoms with Crippen molar-refractivity contribution in [3.05, 3.63) is 24.3 Å². The molecule has 0 fully saturated rings. The highest BCUT2D eigenvalue weighted by Crippen LogP contribution is 2.17. The lowest BCUT2D eigenvalue weighted by molar-refractivity contribution is -0.117. The summed E-state index contributed by atoms with van der Waals surface area (Å²) in [7, 11) is 0. The number of carbonyl (C=O) groups excluding carboxylic acids is 1. The third-order valence-corrected chi connectivity index (χ3v) is 2.27. The molecule has 0 aliphatic rings. The Kier molecular flexibility index (Phi) is 4.97. The molecular formula is C13H20N2O2. The van der Waals surface area contributed by atoms with Crippen molar-refractivity contribution in [2.45, 2.75) is 39.3 Å². The standard InChI is InChI=1S/C13H20N2O2/c1-4-12(14)13(16)15-10-5-7-11(8-6-10)17-9(2)3/h5-9,12H,4,14H2,1-3H3,(H,15,16)/t12-/m1/s1. The van der Waals surface area contributed by atoms with Gasteiger partial charge in [-0.15, -0.1) is 0 Å². The zero-order chi connectivity index (χ0) is 12.8. The molecule has 0 aliphatic heterocycles. The zero-order valence-electron chi connectivity index (χ0n) is 10.6. The van der Waals surface area contributed by atoms with Crippen LogP contribution in [0.1, 0.15) is 27.2 Å². The summed E-state index contributed by atoms with van der Waals surface area (Å²) in [6.07, 6.45) is 0.768. The summed E-state index contributed by atoms with van der Waals surface area (Å²) in [6, 6.07) is 6.80. The third-order valence-electron chi connectivity index (χ3n) is 2.27. The number of benzene rings is 1. The molecule has 1 amide bonds. The van der Waals surface area contributed by atoms with Crippen molar-refractivity contribution in [2.24, 2.45) is 5.73 Å². The average molecular weight is 236 g/mol. The number of ether oxygens (including phenoxy) is 1. The minimum Gasteiger partial charge on any atom is -0.491 e. The zero-order valence-corrected chi connectivity index (χ0v) is 10.6. The van der Waals surface area contributed by atoms with Gasteiger partial charge in [0.25, 0.3) is 0 Å². The summed E-state index contributed by atoms with van der Waals surface area (Å²) in [5.41, 5.74) is 6.35. The first-order chi connectivity index (χ1) is 8.02. The molecular weight excluding hydrogens is 216 g/mol. The number of hydrogen-bond donors (Lipinski definition) is 2. The van der Waals surface area contributed by atoms with Gasteiger partial charge in [0.05, 0.1) is 12.1 Å². The Morgan fingerprint density at radius 2 is 1.94 bits per heavy atom. The van der Waals surface area contributed by atoms with Crippen LogP contribution in [0.25, 0.3) is 0 Å². The highest BCUT2D eigenvalue weighted by atomic mass is 16.5. The Hall–Kier alpha value is -1.55. The van der Waals surface area contributed by atoms with Crippen LogP contribution in [0.4, 0.5) is 5.69 Å². The second kappa shape index (κ2) is 6.25. The summed E-state index contributed by atoms with van der Waals surface area (Å²) in [4.78, 5) is 11.5. The topological polar surface area (TPSA) is 64.4 Å². The van der Waals surface area contributed by atoms with E-state index in [0.29, 0.717) is 6.42 Å². The molecule has 0 radical (unpaired) electrons. The molecule has 4 nitrogen and oxygen atoms in total. The van der Waals surface area contributed by atoms with Crippen LogP contribution in [0.5, 0.6) is 5.75 Å². The SMILES string of the molecule is CC[C@@H](N)C(=O)Nc1ccc(OC(C)C)cc1. The van der Waals surface area contributed by atoms with Crippen molar-refractivity contribution < 1.29 is 9.53 Å². The van der Waals surface area contributed by atoms with E-state index < -0.39 is 6.04 Å². The average Bonchev–Trinajstić information content (AvgIpc) is 2.30. The maximum atomic E-state index is 11.5. The van der Waals surface area contributed by atoms with E-state index in [2.05, 4.69) is 5.32 Å². The van der Waals surface area contributed by atoms with Crippen molar-refractivity contribution in [3.63, 3.8) is 0 Å². The molecule has 0 spiro atoms. The monoisotopic (exact) mass is 236 g/mol. The van der Waals surface area contributed by atoms with Gasteiger partial charge in [0.15, 0.2) is 0 Å². The molecule has 0 saturated heterocycles. The molecule has 1 rings (SSSR count). The summed E-state index contributed by atoms with van der Waals surface area (Å²) in [6.45, 7) is 5.82. The molecule has 0 unspecified atom stereocenters. The van der Waals surface area contributed by atoms with Gasteiger partial charge in [-0.25, -0.2) is 0 Å². The summed E-state index contributed by atoms with van der Waals surface area (Å²) >= 11 is 0. The van der Waals surface area contributed by atoms with E-state index in [9.17, 15) is 4.79 Å². The lowest BCUT2D eigenvalue weighted by atomic mass is 10.2. The fourth-order valence-corrected chi connectivity index (χ4v) is 1.31. The van der Waals surface area contributed by atoms with Gasteiger partial charge >= 0.3 is 0 Å². The molecule has 4 heteroatoms. The van der Waals surface area contributed by atoms with Gasteiger partial charge < -0.3 is 15.8 Å². The molecule has 0 aliphatic carbocycles. The Bertz CT molecular complexity index is 360. The normalized spacial score (nSPS) is 12.3. The van der Waals surface area contributed by atoms with Crippen LogP contribution >= 0.6 is 0 Å². The van der Waals surface area contributed by atoms with Gasteiger partial charge in [-0.2, -0.15) is 0 Å². The highest BCUT2D eigenvalue weighted by molar-refractivity contribution is 5.94. The van der Waals surface area contributed by atoms with Gasteiger partial charge in [0.2, 0.25) is 5.91 Å². The predicted octanol–water partition coefficient (Wildman–Crippen LogP) is 2.15. The van der Waals surface area contributed by atoms with Gasteiger partial charge in [0.1, 0.15) is 5.75 Å². The van der Waals surface area contributed by atoms with E-state index in [1.807, 2.05) is 32.9 Å². The Morgan fingerprint density at radius 1 is 1.35 bits per heavy atom. The Morgan fingerprint density at radius 3 is 2.41 bits per heavy atom. The first-order valence-electron chi connectivity index (χ1n) is 5.86. The second-order valence-corrected chi connectivity index (χ2v) is 4.19. The molecule has 1 aromatic rings. The van der Waals surface area contributed by atoms with Gasteiger partial charge in [-0.1, -0.05) is 6.92 Å². The summed E-state index contributed by atoms with van der Waals surface area (Å²) in [5.74, 6) is 0.628. The van der Waals surface area contributed by atoms with E-state index in [1.54, 1.807) is 12.1 Å². The van der Waals surface area contributed by atoms with Crippen LogP contribution in [0.3, 0.4) is 0 Å². The molecule has 1 aromatic carbocycles. The molecule has 1 atom stereocenters. The number of carbonyl (C=O) groups is 1. The largest absolute Gasteiger partial charge is 0.491 e. The molecule has 94 valence electrons. The lowest BCUT2D eigenvalue weighted by Crippen LogP contribution is -2.34. The molecule has 0 saturated carbocycles. The van der Waals surface area contributed by atoms with Gasteiger partial charge in [-0.05, 0) is 44.5 Å². The maximum absolute atomic E-state index is 11.5. The van der Waals surface area contributed by atoms with Crippen molar-refractivity contribution in [1.82, 2.24) is 0 Å². The third kappa shape index (κ3) is 4.44. The number of anilines is 1. The molecule has 0 bridgehead atoms. The molecule has 17 heavy (non-hydrogen) atoms. The molecule has 3 N–H and O–H groups in total. The van der Waals surface area contributed by atoms with E-state index in [0.717, 1.165) is 11.4 Å². The van der Waals surface area contributed by atoms with Crippen LogP contribution in [0.2, 0.25) is 0 Å². The van der Waals surface area contributed by atoms with E-state index in [1.165, 1.54) is 0 Å². The quantitative estimate of drug-likeness (QED) is 0.823.